The predicted molar refractivity (Wildman–Crippen MR) is 76.7 cm³/mol. The van der Waals surface area contributed by atoms with Crippen molar-refractivity contribution in [2.75, 3.05) is 26.2 Å². The summed E-state index contributed by atoms with van der Waals surface area (Å²) in [5.41, 5.74) is 0.628. The molecule has 2 rings (SSSR count). The van der Waals surface area contributed by atoms with Gasteiger partial charge in [0.1, 0.15) is 12.4 Å². The van der Waals surface area contributed by atoms with Gasteiger partial charge in [0.05, 0.1) is 5.56 Å². The summed E-state index contributed by atoms with van der Waals surface area (Å²) in [5, 5.41) is 0. The van der Waals surface area contributed by atoms with Crippen LogP contribution in [-0.4, -0.2) is 37.4 Å². The van der Waals surface area contributed by atoms with Crippen LogP contribution in [0.2, 0.25) is 0 Å². The highest BCUT2D eigenvalue weighted by atomic mass is 16.5. The first-order valence-corrected chi connectivity index (χ1v) is 7.08. The molecule has 0 N–H and O–H groups in total. The van der Waals surface area contributed by atoms with E-state index in [1.165, 1.54) is 6.42 Å². The smallest absolute Gasteiger partial charge is 0.153 e. The zero-order chi connectivity index (χ0) is 13.7. The number of carbonyl (C=O) groups is 1. The second kappa shape index (κ2) is 6.71. The minimum Gasteiger partial charge on any atom is -0.492 e. The van der Waals surface area contributed by atoms with Crippen molar-refractivity contribution in [1.82, 2.24) is 4.90 Å². The Bertz CT molecular complexity index is 409. The number of para-hydroxylation sites is 1. The summed E-state index contributed by atoms with van der Waals surface area (Å²) in [5.74, 6) is 2.23. The highest BCUT2D eigenvalue weighted by molar-refractivity contribution is 5.79. The molecule has 0 amide bonds. The number of ether oxygens (including phenoxy) is 1. The van der Waals surface area contributed by atoms with E-state index in [2.05, 4.69) is 18.7 Å². The molecule has 1 aromatic carbocycles. The van der Waals surface area contributed by atoms with Crippen molar-refractivity contribution >= 4 is 6.29 Å². The maximum Gasteiger partial charge on any atom is 0.153 e. The van der Waals surface area contributed by atoms with Gasteiger partial charge in [0, 0.05) is 19.6 Å². The van der Waals surface area contributed by atoms with Crippen molar-refractivity contribution in [3.63, 3.8) is 0 Å². The molecule has 3 heteroatoms. The molecule has 1 aromatic rings. The largest absolute Gasteiger partial charge is 0.492 e. The molecule has 3 nitrogen and oxygen atoms in total. The SMILES string of the molecule is C[C@@H]1C[C@@H](C)CN(CCOc2ccccc2C=O)C1. The van der Waals surface area contributed by atoms with Gasteiger partial charge in [-0.05, 0) is 30.4 Å². The number of aldehydes is 1. The molecule has 0 aromatic heterocycles. The molecular formula is C16H23NO2. The van der Waals surface area contributed by atoms with Crippen molar-refractivity contribution in [2.24, 2.45) is 11.8 Å². The predicted octanol–water partition coefficient (Wildman–Crippen LogP) is 2.86. The quantitative estimate of drug-likeness (QED) is 0.763. The molecule has 0 radical (unpaired) electrons. The monoisotopic (exact) mass is 261 g/mol. The molecule has 1 heterocycles. The Morgan fingerprint density at radius 1 is 1.26 bits per heavy atom. The van der Waals surface area contributed by atoms with E-state index in [9.17, 15) is 4.79 Å². The summed E-state index contributed by atoms with van der Waals surface area (Å²) in [4.78, 5) is 13.3. The molecule has 2 atom stereocenters. The first kappa shape index (κ1) is 14.1. The Labute approximate surface area is 115 Å². The molecule has 0 bridgehead atoms. The van der Waals surface area contributed by atoms with E-state index in [1.54, 1.807) is 6.07 Å². The summed E-state index contributed by atoms with van der Waals surface area (Å²) in [6.45, 7) is 8.51. The molecule has 0 spiro atoms. The lowest BCUT2D eigenvalue weighted by Crippen LogP contribution is -2.40. The molecule has 1 aliphatic rings. The second-order valence-corrected chi connectivity index (χ2v) is 5.71. The van der Waals surface area contributed by atoms with Crippen molar-refractivity contribution in [2.45, 2.75) is 20.3 Å². The molecule has 19 heavy (non-hydrogen) atoms. The minimum absolute atomic E-state index is 0.628. The van der Waals surface area contributed by atoms with Crippen LogP contribution >= 0.6 is 0 Å². The van der Waals surface area contributed by atoms with E-state index in [4.69, 9.17) is 4.74 Å². The van der Waals surface area contributed by atoms with Crippen LogP contribution in [0, 0.1) is 11.8 Å². The van der Waals surface area contributed by atoms with Crippen LogP contribution in [0.25, 0.3) is 0 Å². The lowest BCUT2D eigenvalue weighted by Gasteiger charge is -2.34. The van der Waals surface area contributed by atoms with Gasteiger partial charge in [-0.15, -0.1) is 0 Å². The van der Waals surface area contributed by atoms with Gasteiger partial charge in [-0.2, -0.15) is 0 Å². The van der Waals surface area contributed by atoms with Gasteiger partial charge in [0.25, 0.3) is 0 Å². The van der Waals surface area contributed by atoms with Crippen molar-refractivity contribution in [3.8, 4) is 5.75 Å². The molecule has 0 aliphatic carbocycles. The highest BCUT2D eigenvalue weighted by Crippen LogP contribution is 2.21. The Morgan fingerprint density at radius 3 is 2.63 bits per heavy atom. The first-order chi connectivity index (χ1) is 9.19. The Hall–Kier alpha value is -1.35. The molecule has 1 saturated heterocycles. The van der Waals surface area contributed by atoms with E-state index in [0.717, 1.165) is 37.8 Å². The summed E-state index contributed by atoms with van der Waals surface area (Å²) >= 11 is 0. The number of carbonyl (C=O) groups excluding carboxylic acids is 1. The van der Waals surface area contributed by atoms with E-state index >= 15 is 0 Å². The van der Waals surface area contributed by atoms with E-state index in [0.29, 0.717) is 17.9 Å². The average Bonchev–Trinajstić information content (AvgIpc) is 2.38. The minimum atomic E-state index is 0.628. The van der Waals surface area contributed by atoms with Crippen molar-refractivity contribution in [1.29, 1.82) is 0 Å². The topological polar surface area (TPSA) is 29.5 Å². The van der Waals surface area contributed by atoms with E-state index in [1.807, 2.05) is 18.2 Å². The number of piperidine rings is 1. The third-order valence-electron chi connectivity index (χ3n) is 3.66. The van der Waals surface area contributed by atoms with Gasteiger partial charge in [-0.25, -0.2) is 0 Å². The van der Waals surface area contributed by atoms with Crippen LogP contribution in [0.4, 0.5) is 0 Å². The van der Waals surface area contributed by atoms with Gasteiger partial charge >= 0.3 is 0 Å². The third-order valence-corrected chi connectivity index (χ3v) is 3.66. The van der Waals surface area contributed by atoms with Crippen LogP contribution in [-0.2, 0) is 0 Å². The van der Waals surface area contributed by atoms with E-state index in [-0.39, 0.29) is 0 Å². The third kappa shape index (κ3) is 4.06. The average molecular weight is 261 g/mol. The van der Waals surface area contributed by atoms with Crippen LogP contribution < -0.4 is 4.74 Å². The van der Waals surface area contributed by atoms with Crippen LogP contribution in [0.5, 0.6) is 5.75 Å². The fraction of sp³-hybridized carbons (Fsp3) is 0.562. The number of likely N-dealkylation sites (tertiary alicyclic amines) is 1. The Morgan fingerprint density at radius 2 is 1.95 bits per heavy atom. The molecule has 0 unspecified atom stereocenters. The summed E-state index contributed by atoms with van der Waals surface area (Å²) in [6, 6.07) is 7.39. The fourth-order valence-electron chi connectivity index (χ4n) is 2.97. The normalized spacial score (nSPS) is 24.1. The van der Waals surface area contributed by atoms with Crippen LogP contribution in [0.15, 0.2) is 24.3 Å². The van der Waals surface area contributed by atoms with E-state index < -0.39 is 0 Å². The standard InChI is InChI=1S/C16H23NO2/c1-13-9-14(2)11-17(10-13)7-8-19-16-6-4-3-5-15(16)12-18/h3-6,12-14H,7-11H2,1-2H3/t13-,14-/m1/s1. The number of benzene rings is 1. The number of rotatable bonds is 5. The molecular weight excluding hydrogens is 238 g/mol. The number of hydrogen-bond acceptors (Lipinski definition) is 3. The Kier molecular flexibility index (Phi) is 4.97. The van der Waals surface area contributed by atoms with Gasteiger partial charge in [-0.3, -0.25) is 9.69 Å². The zero-order valence-corrected chi connectivity index (χ0v) is 11.8. The Balaban J connectivity index is 1.81. The van der Waals surface area contributed by atoms with Gasteiger partial charge < -0.3 is 4.74 Å². The van der Waals surface area contributed by atoms with Crippen molar-refractivity contribution in [3.05, 3.63) is 29.8 Å². The molecule has 0 saturated carbocycles. The maximum atomic E-state index is 10.9. The first-order valence-electron chi connectivity index (χ1n) is 7.08. The van der Waals surface area contributed by atoms with Crippen LogP contribution in [0.3, 0.4) is 0 Å². The van der Waals surface area contributed by atoms with Crippen LogP contribution in [0.1, 0.15) is 30.6 Å². The molecule has 104 valence electrons. The van der Waals surface area contributed by atoms with Gasteiger partial charge in [-0.1, -0.05) is 26.0 Å². The highest BCUT2D eigenvalue weighted by Gasteiger charge is 2.21. The molecule has 1 aliphatic heterocycles. The summed E-state index contributed by atoms with van der Waals surface area (Å²) in [6.07, 6.45) is 2.17. The maximum absolute atomic E-state index is 10.9. The molecule has 1 fully saturated rings. The van der Waals surface area contributed by atoms with Gasteiger partial charge in [0.2, 0.25) is 0 Å². The number of nitrogens with zero attached hydrogens (tertiary/aromatic N) is 1. The summed E-state index contributed by atoms with van der Waals surface area (Å²) in [7, 11) is 0. The van der Waals surface area contributed by atoms with Gasteiger partial charge in [0.15, 0.2) is 6.29 Å². The zero-order valence-electron chi connectivity index (χ0n) is 11.8. The number of hydrogen-bond donors (Lipinski definition) is 0. The second-order valence-electron chi connectivity index (χ2n) is 5.71. The lowest BCUT2D eigenvalue weighted by molar-refractivity contribution is 0.111. The van der Waals surface area contributed by atoms with Crippen molar-refractivity contribution < 1.29 is 9.53 Å². The lowest BCUT2D eigenvalue weighted by atomic mass is 9.92. The fourth-order valence-corrected chi connectivity index (χ4v) is 2.97. The summed E-state index contributed by atoms with van der Waals surface area (Å²) < 4.78 is 5.73.